The largest absolute Gasteiger partial charge is 0.511 e. The first-order chi connectivity index (χ1) is 10.8. The molecule has 22 heavy (non-hydrogen) atoms. The minimum atomic E-state index is 0.517. The lowest BCUT2D eigenvalue weighted by atomic mass is 10.1. The maximum atomic E-state index is 9.71. The number of aliphatic hydroxyl groups is 1. The second kappa shape index (κ2) is 18.4. The molecule has 0 aliphatic carbocycles. The highest BCUT2D eigenvalue weighted by atomic mass is 16.3. The molecule has 132 valence electrons. The Labute approximate surface area is 139 Å². The third-order valence-electron chi connectivity index (χ3n) is 4.23. The molecule has 0 fully saturated rings. The van der Waals surface area contributed by atoms with Gasteiger partial charge in [-0.2, -0.15) is 0 Å². The van der Waals surface area contributed by atoms with E-state index in [1.54, 1.807) is 6.20 Å². The first kappa shape index (κ1) is 21.3. The number of unbranched alkanes of at least 4 members (excludes halogenated alkanes) is 12. The average molecular weight is 312 g/mol. The average Bonchev–Trinajstić information content (AvgIpc) is 2.52. The molecular weight excluding hydrogens is 270 g/mol. The molecule has 0 saturated carbocycles. The maximum Gasteiger partial charge on any atom is 0.108 e. The predicted molar refractivity (Wildman–Crippen MR) is 99.3 cm³/mol. The third-order valence-corrected chi connectivity index (χ3v) is 4.23. The topological polar surface area (TPSA) is 32.3 Å². The molecule has 0 heterocycles. The van der Waals surface area contributed by atoms with Crippen molar-refractivity contribution in [2.24, 2.45) is 0 Å². The van der Waals surface area contributed by atoms with Crippen LogP contribution in [-0.2, 0) is 0 Å². The highest BCUT2D eigenvalue weighted by Gasteiger charge is 1.95. The Hall–Kier alpha value is -0.660. The fourth-order valence-electron chi connectivity index (χ4n) is 2.71. The van der Waals surface area contributed by atoms with E-state index in [2.05, 4.69) is 19.2 Å². The van der Waals surface area contributed by atoms with Crippen molar-refractivity contribution in [1.29, 1.82) is 0 Å². The van der Waals surface area contributed by atoms with Gasteiger partial charge in [-0.15, -0.1) is 0 Å². The lowest BCUT2D eigenvalue weighted by molar-refractivity contribution is 0.375. The summed E-state index contributed by atoms with van der Waals surface area (Å²) in [5.41, 5.74) is 0. The van der Waals surface area contributed by atoms with Gasteiger partial charge in [0.25, 0.3) is 0 Å². The molecule has 0 aromatic carbocycles. The van der Waals surface area contributed by atoms with E-state index >= 15 is 0 Å². The quantitative estimate of drug-likeness (QED) is 0.227. The highest BCUT2D eigenvalue weighted by Crippen LogP contribution is 2.10. The van der Waals surface area contributed by atoms with E-state index in [4.69, 9.17) is 0 Å². The summed E-state index contributed by atoms with van der Waals surface area (Å²) in [5, 5.41) is 12.9. The van der Waals surface area contributed by atoms with Gasteiger partial charge in [-0.1, -0.05) is 90.9 Å². The van der Waals surface area contributed by atoms with Crippen LogP contribution in [0.4, 0.5) is 0 Å². The van der Waals surface area contributed by atoms with Crippen LogP contribution in [-0.4, -0.2) is 11.7 Å². The lowest BCUT2D eigenvalue weighted by Crippen LogP contribution is -2.08. The summed E-state index contributed by atoms with van der Waals surface area (Å²) in [6, 6.07) is 0. The molecule has 2 heteroatoms. The van der Waals surface area contributed by atoms with Crippen molar-refractivity contribution in [3.8, 4) is 0 Å². The molecule has 0 bridgehead atoms. The summed E-state index contributed by atoms with van der Waals surface area (Å²) < 4.78 is 0. The van der Waals surface area contributed by atoms with Gasteiger partial charge in [0, 0.05) is 19.2 Å². The minimum Gasteiger partial charge on any atom is -0.511 e. The molecule has 0 radical (unpaired) electrons. The van der Waals surface area contributed by atoms with Crippen LogP contribution in [0.15, 0.2) is 12.0 Å². The van der Waals surface area contributed by atoms with Crippen LogP contribution < -0.4 is 5.32 Å². The predicted octanol–water partition coefficient (Wildman–Crippen LogP) is 6.87. The summed E-state index contributed by atoms with van der Waals surface area (Å²) in [4.78, 5) is 0. The van der Waals surface area contributed by atoms with Crippen LogP contribution in [0.2, 0.25) is 0 Å². The van der Waals surface area contributed by atoms with Crippen molar-refractivity contribution >= 4 is 0 Å². The Morgan fingerprint density at radius 3 is 1.68 bits per heavy atom. The van der Waals surface area contributed by atoms with E-state index in [9.17, 15) is 5.11 Å². The van der Waals surface area contributed by atoms with E-state index in [1.807, 2.05) is 0 Å². The fraction of sp³-hybridized carbons (Fsp3) is 0.900. The summed E-state index contributed by atoms with van der Waals surface area (Å²) in [6.45, 7) is 5.48. The van der Waals surface area contributed by atoms with Gasteiger partial charge in [0.2, 0.25) is 0 Å². The molecule has 2 N–H and O–H groups in total. The Morgan fingerprint density at radius 2 is 1.14 bits per heavy atom. The van der Waals surface area contributed by atoms with Crippen LogP contribution >= 0.6 is 0 Å². The lowest BCUT2D eigenvalue weighted by Gasteiger charge is -2.04. The molecule has 0 aromatic heterocycles. The zero-order valence-electron chi connectivity index (χ0n) is 15.3. The first-order valence-electron chi connectivity index (χ1n) is 9.92. The van der Waals surface area contributed by atoms with Crippen molar-refractivity contribution in [3.63, 3.8) is 0 Å². The van der Waals surface area contributed by atoms with Crippen molar-refractivity contribution in [2.75, 3.05) is 6.54 Å². The standard InChI is InChI=1S/C20H41NO/c1-3-5-7-9-10-11-12-13-14-16-18-21-19-20(22)17-15-8-6-4-2/h19,21-22H,3-18H2,1-2H3. The van der Waals surface area contributed by atoms with Gasteiger partial charge >= 0.3 is 0 Å². The molecule has 0 unspecified atom stereocenters. The van der Waals surface area contributed by atoms with Crippen molar-refractivity contribution in [1.82, 2.24) is 5.32 Å². The minimum absolute atomic E-state index is 0.517. The van der Waals surface area contributed by atoms with Gasteiger partial charge in [-0.3, -0.25) is 0 Å². The van der Waals surface area contributed by atoms with Crippen molar-refractivity contribution in [2.45, 2.75) is 110 Å². The van der Waals surface area contributed by atoms with E-state index in [0.29, 0.717) is 5.76 Å². The van der Waals surface area contributed by atoms with Gasteiger partial charge in [-0.25, -0.2) is 0 Å². The Balaban J connectivity index is 3.18. The molecule has 0 spiro atoms. The maximum absolute atomic E-state index is 9.71. The number of aliphatic hydroxyl groups excluding tert-OH is 1. The number of rotatable bonds is 17. The van der Waals surface area contributed by atoms with E-state index in [1.165, 1.54) is 83.5 Å². The molecule has 2 nitrogen and oxygen atoms in total. The summed E-state index contributed by atoms with van der Waals surface area (Å²) in [7, 11) is 0. The van der Waals surface area contributed by atoms with Crippen LogP contribution in [0.3, 0.4) is 0 Å². The Kier molecular flexibility index (Phi) is 17.8. The van der Waals surface area contributed by atoms with Crippen molar-refractivity contribution < 1.29 is 5.11 Å². The van der Waals surface area contributed by atoms with Crippen LogP contribution in [0, 0.1) is 0 Å². The molecule has 0 aliphatic rings. The zero-order valence-corrected chi connectivity index (χ0v) is 15.3. The molecule has 0 aromatic rings. The van der Waals surface area contributed by atoms with Crippen molar-refractivity contribution in [3.05, 3.63) is 12.0 Å². The van der Waals surface area contributed by atoms with Crippen LogP contribution in [0.25, 0.3) is 0 Å². The van der Waals surface area contributed by atoms with Crippen LogP contribution in [0.5, 0.6) is 0 Å². The van der Waals surface area contributed by atoms with Gasteiger partial charge in [0.15, 0.2) is 0 Å². The number of hydrogen-bond acceptors (Lipinski definition) is 2. The monoisotopic (exact) mass is 311 g/mol. The van der Waals surface area contributed by atoms with Gasteiger partial charge in [-0.05, 0) is 12.8 Å². The summed E-state index contributed by atoms with van der Waals surface area (Å²) in [5.74, 6) is 0.517. The number of nitrogens with one attached hydrogen (secondary N) is 1. The van der Waals surface area contributed by atoms with Gasteiger partial charge in [0.1, 0.15) is 5.76 Å². The SMILES string of the molecule is CCCCCCCCCCCCNC=C(O)CCCCCC. The molecule has 0 amide bonds. The Bertz CT molecular complexity index is 238. The first-order valence-corrected chi connectivity index (χ1v) is 9.92. The number of allylic oxidation sites excluding steroid dienone is 1. The normalized spacial score (nSPS) is 11.8. The zero-order chi connectivity index (χ0) is 16.3. The molecule has 0 atom stereocenters. The second-order valence-corrected chi connectivity index (χ2v) is 6.58. The molecular formula is C20H41NO. The summed E-state index contributed by atoms with van der Waals surface area (Å²) in [6.07, 6.45) is 21.2. The molecule has 0 saturated heterocycles. The Morgan fingerprint density at radius 1 is 0.682 bits per heavy atom. The summed E-state index contributed by atoms with van der Waals surface area (Å²) >= 11 is 0. The smallest absolute Gasteiger partial charge is 0.108 e. The van der Waals surface area contributed by atoms with E-state index < -0.39 is 0 Å². The highest BCUT2D eigenvalue weighted by molar-refractivity contribution is 4.88. The van der Waals surface area contributed by atoms with Crippen LogP contribution in [0.1, 0.15) is 110 Å². The van der Waals surface area contributed by atoms with Gasteiger partial charge in [0.05, 0.1) is 0 Å². The van der Waals surface area contributed by atoms with E-state index in [0.717, 1.165) is 19.4 Å². The number of hydrogen-bond donors (Lipinski definition) is 2. The third kappa shape index (κ3) is 17.4. The molecule has 0 aliphatic heterocycles. The second-order valence-electron chi connectivity index (χ2n) is 6.58. The van der Waals surface area contributed by atoms with Gasteiger partial charge < -0.3 is 10.4 Å². The fourth-order valence-corrected chi connectivity index (χ4v) is 2.71. The van der Waals surface area contributed by atoms with E-state index in [-0.39, 0.29) is 0 Å². The molecule has 0 rings (SSSR count).